The first-order valence-corrected chi connectivity index (χ1v) is 7.81. The Morgan fingerprint density at radius 2 is 2.00 bits per heavy atom. The molecule has 1 atom stereocenters. The molecule has 3 heterocycles. The Morgan fingerprint density at radius 1 is 1.17 bits per heavy atom. The van der Waals surface area contributed by atoms with Crippen LogP contribution >= 0.6 is 0 Å². The number of carbonyl (C=O) groups is 1. The molecule has 1 aromatic carbocycles. The summed E-state index contributed by atoms with van der Waals surface area (Å²) in [6.45, 7) is 3.46. The van der Waals surface area contributed by atoms with Gasteiger partial charge in [-0.3, -0.25) is 14.7 Å². The second-order valence-corrected chi connectivity index (χ2v) is 5.97. The molecular weight excluding hydrogens is 290 g/mol. The van der Waals surface area contributed by atoms with Gasteiger partial charge in [0.05, 0.1) is 23.9 Å². The van der Waals surface area contributed by atoms with E-state index in [1.165, 1.54) is 0 Å². The number of fused-ring (bicyclic) bond motifs is 2. The van der Waals surface area contributed by atoms with Gasteiger partial charge in [-0.05, 0) is 12.1 Å². The average Bonchev–Trinajstić information content (AvgIpc) is 2.61. The second-order valence-electron chi connectivity index (χ2n) is 5.97. The van der Waals surface area contributed by atoms with E-state index in [0.29, 0.717) is 19.6 Å². The highest BCUT2D eigenvalue weighted by molar-refractivity contribution is 5.99. The van der Waals surface area contributed by atoms with Gasteiger partial charge in [0.25, 0.3) is 0 Å². The summed E-state index contributed by atoms with van der Waals surface area (Å²) >= 11 is 0. The van der Waals surface area contributed by atoms with Gasteiger partial charge in [-0.25, -0.2) is 0 Å². The molecule has 0 spiro atoms. The van der Waals surface area contributed by atoms with Gasteiger partial charge >= 0.3 is 0 Å². The van der Waals surface area contributed by atoms with Crippen LogP contribution in [0.4, 0.5) is 5.69 Å². The number of pyridine rings is 1. The van der Waals surface area contributed by atoms with Crippen molar-refractivity contribution < 1.29 is 4.79 Å². The molecule has 1 unspecified atom stereocenters. The first-order chi connectivity index (χ1) is 11.3. The van der Waals surface area contributed by atoms with Gasteiger partial charge < -0.3 is 9.80 Å². The molecule has 2 aliphatic rings. The van der Waals surface area contributed by atoms with Crippen molar-refractivity contribution in [2.75, 3.05) is 37.6 Å². The molecule has 2 fully saturated rings. The number of nitriles is 1. The van der Waals surface area contributed by atoms with Crippen molar-refractivity contribution in [2.24, 2.45) is 0 Å². The maximum atomic E-state index is 12.9. The Bertz CT molecular complexity index is 799. The fraction of sp³-hybridized carbons (Fsp3) is 0.353. The number of nitrogens with zero attached hydrogens (tertiary/aromatic N) is 5. The quantitative estimate of drug-likeness (QED) is 0.737. The first kappa shape index (κ1) is 14.0. The Kier molecular flexibility index (Phi) is 3.36. The van der Waals surface area contributed by atoms with Gasteiger partial charge in [-0.15, -0.1) is 0 Å². The van der Waals surface area contributed by atoms with Gasteiger partial charge in [-0.2, -0.15) is 5.26 Å². The minimum Gasteiger partial charge on any atom is -0.308 e. The van der Waals surface area contributed by atoms with Crippen LogP contribution in [0.5, 0.6) is 0 Å². The van der Waals surface area contributed by atoms with Crippen molar-refractivity contribution in [1.82, 2.24) is 14.8 Å². The molecule has 116 valence electrons. The number of para-hydroxylation sites is 1. The highest BCUT2D eigenvalue weighted by Crippen LogP contribution is 2.25. The van der Waals surface area contributed by atoms with E-state index in [-0.39, 0.29) is 11.9 Å². The van der Waals surface area contributed by atoms with Gasteiger partial charge in [0.15, 0.2) is 6.19 Å². The minimum atomic E-state index is -0.233. The topological polar surface area (TPSA) is 63.5 Å². The lowest BCUT2D eigenvalue weighted by molar-refractivity contribution is -0.127. The van der Waals surface area contributed by atoms with E-state index < -0.39 is 0 Å². The zero-order valence-corrected chi connectivity index (χ0v) is 12.7. The molecular formula is C17H17N5O. The molecule has 0 bridgehead atoms. The normalized spacial score (nSPS) is 22.0. The number of aromatic nitrogens is 1. The van der Waals surface area contributed by atoms with E-state index in [4.69, 9.17) is 5.26 Å². The highest BCUT2D eigenvalue weighted by atomic mass is 16.2. The molecule has 23 heavy (non-hydrogen) atoms. The molecule has 2 aliphatic heterocycles. The van der Waals surface area contributed by atoms with Crippen molar-refractivity contribution in [3.63, 3.8) is 0 Å². The van der Waals surface area contributed by atoms with Gasteiger partial charge in [-0.1, -0.05) is 18.2 Å². The molecule has 2 saturated heterocycles. The van der Waals surface area contributed by atoms with Crippen LogP contribution in [0.3, 0.4) is 0 Å². The molecule has 1 amide bonds. The molecule has 0 saturated carbocycles. The van der Waals surface area contributed by atoms with Crippen LogP contribution in [0, 0.1) is 11.5 Å². The second kappa shape index (κ2) is 5.52. The van der Waals surface area contributed by atoms with Crippen LogP contribution < -0.4 is 4.90 Å². The van der Waals surface area contributed by atoms with Crippen LogP contribution in [0.1, 0.15) is 0 Å². The number of benzene rings is 1. The zero-order chi connectivity index (χ0) is 15.8. The van der Waals surface area contributed by atoms with E-state index in [0.717, 1.165) is 29.7 Å². The Balaban J connectivity index is 1.63. The van der Waals surface area contributed by atoms with Crippen LogP contribution in [0.25, 0.3) is 10.9 Å². The monoisotopic (exact) mass is 307 g/mol. The summed E-state index contributed by atoms with van der Waals surface area (Å²) in [4.78, 5) is 23.0. The van der Waals surface area contributed by atoms with Crippen LogP contribution in [0.15, 0.2) is 36.5 Å². The third-order valence-electron chi connectivity index (χ3n) is 4.68. The molecule has 4 rings (SSSR count). The third kappa shape index (κ3) is 2.39. The number of amides is 1. The largest absolute Gasteiger partial charge is 0.308 e. The summed E-state index contributed by atoms with van der Waals surface area (Å²) < 4.78 is 0. The summed E-state index contributed by atoms with van der Waals surface area (Å²) in [5.74, 6) is 0.0632. The summed E-state index contributed by atoms with van der Waals surface area (Å²) in [6, 6.07) is 9.68. The Morgan fingerprint density at radius 3 is 2.87 bits per heavy atom. The molecule has 2 aromatic rings. The molecule has 0 N–H and O–H groups in total. The van der Waals surface area contributed by atoms with Gasteiger partial charge in [0.2, 0.25) is 5.91 Å². The van der Waals surface area contributed by atoms with Crippen molar-refractivity contribution >= 4 is 22.5 Å². The maximum Gasteiger partial charge on any atom is 0.246 e. The third-order valence-corrected chi connectivity index (χ3v) is 4.68. The van der Waals surface area contributed by atoms with Gasteiger partial charge in [0, 0.05) is 31.6 Å². The summed E-state index contributed by atoms with van der Waals surface area (Å²) in [5, 5.41) is 10.1. The SMILES string of the molecule is N#CN1CCN2CCN(c3cnc4ccccc4c3)C(=O)C2C1. The number of carbonyl (C=O) groups excluding carboxylic acids is 1. The van der Waals surface area contributed by atoms with E-state index in [9.17, 15) is 4.79 Å². The van der Waals surface area contributed by atoms with Gasteiger partial charge in [0.1, 0.15) is 6.04 Å². The van der Waals surface area contributed by atoms with Crippen molar-refractivity contribution in [1.29, 1.82) is 5.26 Å². The smallest absolute Gasteiger partial charge is 0.246 e. The number of piperazine rings is 2. The fourth-order valence-corrected chi connectivity index (χ4v) is 3.40. The number of anilines is 1. The average molecular weight is 307 g/mol. The Labute approximate surface area is 134 Å². The van der Waals surface area contributed by atoms with E-state index in [1.54, 1.807) is 11.1 Å². The number of hydrogen-bond acceptors (Lipinski definition) is 5. The van der Waals surface area contributed by atoms with E-state index >= 15 is 0 Å². The highest BCUT2D eigenvalue weighted by Gasteiger charge is 2.39. The standard InChI is InChI=1S/C17H17N5O/c18-12-20-5-6-21-7-8-22(17(23)16(21)11-20)14-9-13-3-1-2-4-15(13)19-10-14/h1-4,9-10,16H,5-8,11H2. The van der Waals surface area contributed by atoms with E-state index in [2.05, 4.69) is 16.1 Å². The maximum absolute atomic E-state index is 12.9. The van der Waals surface area contributed by atoms with E-state index in [1.807, 2.05) is 35.2 Å². The molecule has 6 heteroatoms. The first-order valence-electron chi connectivity index (χ1n) is 7.81. The molecule has 0 radical (unpaired) electrons. The van der Waals surface area contributed by atoms with Crippen molar-refractivity contribution in [3.8, 4) is 6.19 Å². The fourth-order valence-electron chi connectivity index (χ4n) is 3.40. The molecule has 0 aliphatic carbocycles. The summed E-state index contributed by atoms with van der Waals surface area (Å²) in [5.41, 5.74) is 1.76. The lowest BCUT2D eigenvalue weighted by atomic mass is 10.1. The number of hydrogen-bond donors (Lipinski definition) is 0. The lowest BCUT2D eigenvalue weighted by Gasteiger charge is -2.44. The van der Waals surface area contributed by atoms with Crippen molar-refractivity contribution in [3.05, 3.63) is 36.5 Å². The van der Waals surface area contributed by atoms with Crippen LogP contribution in [-0.2, 0) is 4.79 Å². The Hall–Kier alpha value is -2.65. The summed E-state index contributed by atoms with van der Waals surface area (Å²) in [7, 11) is 0. The predicted molar refractivity (Wildman–Crippen MR) is 86.6 cm³/mol. The van der Waals surface area contributed by atoms with Crippen LogP contribution in [-0.4, -0.2) is 59.5 Å². The lowest BCUT2D eigenvalue weighted by Crippen LogP contribution is -2.64. The zero-order valence-electron chi connectivity index (χ0n) is 12.7. The predicted octanol–water partition coefficient (Wildman–Crippen LogP) is 1.05. The summed E-state index contributed by atoms with van der Waals surface area (Å²) in [6.07, 6.45) is 3.92. The van der Waals surface area contributed by atoms with Crippen molar-refractivity contribution in [2.45, 2.75) is 6.04 Å². The number of rotatable bonds is 1. The van der Waals surface area contributed by atoms with Crippen LogP contribution in [0.2, 0.25) is 0 Å². The molecule has 6 nitrogen and oxygen atoms in total. The minimum absolute atomic E-state index is 0.0632. The molecule has 1 aromatic heterocycles.